The zero-order chi connectivity index (χ0) is 13.9. The first kappa shape index (κ1) is 13.4. The van der Waals surface area contributed by atoms with E-state index in [4.69, 9.17) is 15.2 Å². The van der Waals surface area contributed by atoms with E-state index >= 15 is 0 Å². The van der Waals surface area contributed by atoms with Crippen molar-refractivity contribution in [3.05, 3.63) is 29.8 Å². The van der Waals surface area contributed by atoms with Crippen LogP contribution in [-0.2, 0) is 9.53 Å². The molecule has 0 unspecified atom stereocenters. The van der Waals surface area contributed by atoms with Crippen LogP contribution in [0.2, 0.25) is 0 Å². The monoisotopic (exact) mass is 264 g/mol. The number of amides is 2. The molecule has 1 heterocycles. The van der Waals surface area contributed by atoms with Crippen LogP contribution in [0.3, 0.4) is 0 Å². The van der Waals surface area contributed by atoms with Gasteiger partial charge in [0.2, 0.25) is 5.91 Å². The van der Waals surface area contributed by atoms with E-state index < -0.39 is 11.4 Å². The first-order valence-electron chi connectivity index (χ1n) is 5.88. The second-order valence-corrected chi connectivity index (χ2v) is 4.57. The van der Waals surface area contributed by atoms with Crippen LogP contribution >= 0.6 is 0 Å². The minimum atomic E-state index is -0.691. The maximum absolute atomic E-state index is 12.2. The SMILES string of the molecule is COc1ccccc1C(=O)NC1(CC(N)=O)COC1. The Bertz CT molecular complexity index is 497. The largest absolute Gasteiger partial charge is 0.496 e. The summed E-state index contributed by atoms with van der Waals surface area (Å²) in [7, 11) is 1.50. The van der Waals surface area contributed by atoms with E-state index in [1.165, 1.54) is 7.11 Å². The van der Waals surface area contributed by atoms with E-state index in [0.717, 1.165) is 0 Å². The molecule has 102 valence electrons. The minimum absolute atomic E-state index is 0.0634. The molecule has 19 heavy (non-hydrogen) atoms. The number of hydrogen-bond donors (Lipinski definition) is 2. The third-order valence-electron chi connectivity index (χ3n) is 3.00. The Morgan fingerprint density at radius 3 is 2.63 bits per heavy atom. The number of carbonyl (C=O) groups is 2. The van der Waals surface area contributed by atoms with E-state index in [-0.39, 0.29) is 25.5 Å². The molecule has 2 rings (SSSR count). The molecule has 1 saturated heterocycles. The normalized spacial score (nSPS) is 16.3. The van der Waals surface area contributed by atoms with Gasteiger partial charge in [-0.3, -0.25) is 9.59 Å². The predicted octanol–water partition coefficient (Wildman–Crippen LogP) is 0.0694. The summed E-state index contributed by atoms with van der Waals surface area (Å²) in [6.07, 6.45) is 0.0634. The van der Waals surface area contributed by atoms with Crippen LogP contribution in [0.15, 0.2) is 24.3 Å². The van der Waals surface area contributed by atoms with Crippen LogP contribution in [0, 0.1) is 0 Å². The van der Waals surface area contributed by atoms with Gasteiger partial charge in [0.05, 0.1) is 37.8 Å². The van der Waals surface area contributed by atoms with Crippen LogP contribution in [0.1, 0.15) is 16.8 Å². The molecule has 0 atom stereocenters. The molecule has 0 saturated carbocycles. The number of carbonyl (C=O) groups excluding carboxylic acids is 2. The van der Waals surface area contributed by atoms with E-state index in [1.807, 2.05) is 0 Å². The second kappa shape index (κ2) is 5.27. The Kier molecular flexibility index (Phi) is 3.71. The zero-order valence-corrected chi connectivity index (χ0v) is 10.6. The average molecular weight is 264 g/mol. The molecule has 0 radical (unpaired) electrons. The van der Waals surface area contributed by atoms with Gasteiger partial charge in [-0.15, -0.1) is 0 Å². The zero-order valence-electron chi connectivity index (χ0n) is 10.6. The number of rotatable bonds is 5. The van der Waals surface area contributed by atoms with Crippen LogP contribution in [-0.4, -0.2) is 37.7 Å². The van der Waals surface area contributed by atoms with E-state index in [2.05, 4.69) is 5.32 Å². The van der Waals surface area contributed by atoms with E-state index in [0.29, 0.717) is 11.3 Å². The van der Waals surface area contributed by atoms with E-state index in [9.17, 15) is 9.59 Å². The fourth-order valence-corrected chi connectivity index (χ4v) is 2.04. The highest BCUT2D eigenvalue weighted by Crippen LogP contribution is 2.23. The Morgan fingerprint density at radius 2 is 2.11 bits per heavy atom. The lowest BCUT2D eigenvalue weighted by Crippen LogP contribution is -2.63. The average Bonchev–Trinajstić information content (AvgIpc) is 2.35. The van der Waals surface area contributed by atoms with Gasteiger partial charge >= 0.3 is 0 Å². The van der Waals surface area contributed by atoms with Crippen molar-refractivity contribution in [3.63, 3.8) is 0 Å². The summed E-state index contributed by atoms with van der Waals surface area (Å²) in [6.45, 7) is 0.577. The van der Waals surface area contributed by atoms with Crippen molar-refractivity contribution in [1.29, 1.82) is 0 Å². The lowest BCUT2D eigenvalue weighted by molar-refractivity contribution is -0.127. The number of ether oxygens (including phenoxy) is 2. The Balaban J connectivity index is 2.14. The standard InChI is InChI=1S/C13H16N2O4/c1-18-10-5-3-2-4-9(10)12(17)15-13(6-11(14)16)7-19-8-13/h2-5H,6-8H2,1H3,(H2,14,16)(H,15,17). The van der Waals surface area contributed by atoms with Crippen molar-refractivity contribution in [1.82, 2.24) is 5.32 Å². The number of benzene rings is 1. The predicted molar refractivity (Wildman–Crippen MR) is 67.8 cm³/mol. The summed E-state index contributed by atoms with van der Waals surface area (Å²) in [6, 6.07) is 6.88. The molecular weight excluding hydrogens is 248 g/mol. The van der Waals surface area contributed by atoms with Crippen LogP contribution in [0.4, 0.5) is 0 Å². The third kappa shape index (κ3) is 2.85. The molecule has 1 aliphatic heterocycles. The van der Waals surface area contributed by atoms with Crippen molar-refractivity contribution in [2.75, 3.05) is 20.3 Å². The van der Waals surface area contributed by atoms with Crippen LogP contribution in [0.25, 0.3) is 0 Å². The smallest absolute Gasteiger partial charge is 0.255 e. The first-order chi connectivity index (χ1) is 9.06. The molecule has 1 aromatic carbocycles. The summed E-state index contributed by atoms with van der Waals surface area (Å²) in [5, 5.41) is 2.81. The fourth-order valence-electron chi connectivity index (χ4n) is 2.04. The number of nitrogens with two attached hydrogens (primary N) is 1. The molecule has 6 heteroatoms. The molecule has 1 aliphatic rings. The molecule has 3 N–H and O–H groups in total. The molecule has 6 nitrogen and oxygen atoms in total. The lowest BCUT2D eigenvalue weighted by atomic mass is 9.92. The number of hydrogen-bond acceptors (Lipinski definition) is 4. The highest BCUT2D eigenvalue weighted by molar-refractivity contribution is 5.97. The Labute approximate surface area is 110 Å². The van der Waals surface area contributed by atoms with Crippen LogP contribution in [0.5, 0.6) is 5.75 Å². The van der Waals surface area contributed by atoms with Crippen molar-refractivity contribution in [3.8, 4) is 5.75 Å². The quantitative estimate of drug-likeness (QED) is 0.787. The Hall–Kier alpha value is -2.08. The summed E-state index contributed by atoms with van der Waals surface area (Å²) >= 11 is 0. The summed E-state index contributed by atoms with van der Waals surface area (Å²) < 4.78 is 10.2. The number of methoxy groups -OCH3 is 1. The number of primary amides is 1. The van der Waals surface area contributed by atoms with E-state index in [1.54, 1.807) is 24.3 Å². The molecule has 2 amide bonds. The van der Waals surface area contributed by atoms with Gasteiger partial charge in [-0.05, 0) is 12.1 Å². The molecule has 1 aromatic rings. The van der Waals surface area contributed by atoms with Gasteiger partial charge in [0, 0.05) is 0 Å². The van der Waals surface area contributed by atoms with Gasteiger partial charge in [0.1, 0.15) is 5.75 Å². The van der Waals surface area contributed by atoms with Crippen LogP contribution < -0.4 is 15.8 Å². The molecule has 0 aromatic heterocycles. The molecule has 0 bridgehead atoms. The highest BCUT2D eigenvalue weighted by atomic mass is 16.5. The number of nitrogens with one attached hydrogen (secondary N) is 1. The fraction of sp³-hybridized carbons (Fsp3) is 0.385. The summed E-state index contributed by atoms with van der Waals surface area (Å²) in [5.74, 6) is -0.292. The summed E-state index contributed by atoms with van der Waals surface area (Å²) in [4.78, 5) is 23.3. The minimum Gasteiger partial charge on any atom is -0.496 e. The Morgan fingerprint density at radius 1 is 1.42 bits per heavy atom. The van der Waals surface area contributed by atoms with Gasteiger partial charge in [0.25, 0.3) is 5.91 Å². The second-order valence-electron chi connectivity index (χ2n) is 4.57. The van der Waals surface area contributed by atoms with Gasteiger partial charge in [0.15, 0.2) is 0 Å². The lowest BCUT2D eigenvalue weighted by Gasteiger charge is -2.41. The highest BCUT2D eigenvalue weighted by Gasteiger charge is 2.41. The summed E-state index contributed by atoms with van der Waals surface area (Å²) in [5.41, 5.74) is 4.91. The van der Waals surface area contributed by atoms with Gasteiger partial charge in [-0.2, -0.15) is 0 Å². The maximum Gasteiger partial charge on any atom is 0.255 e. The maximum atomic E-state index is 12.2. The number of para-hydroxylation sites is 1. The van der Waals surface area contributed by atoms with Gasteiger partial charge < -0.3 is 20.5 Å². The van der Waals surface area contributed by atoms with Gasteiger partial charge in [-0.25, -0.2) is 0 Å². The van der Waals surface area contributed by atoms with Gasteiger partial charge in [-0.1, -0.05) is 12.1 Å². The topological polar surface area (TPSA) is 90.6 Å². The third-order valence-corrected chi connectivity index (χ3v) is 3.00. The molecule has 1 fully saturated rings. The first-order valence-corrected chi connectivity index (χ1v) is 5.88. The van der Waals surface area contributed by atoms with Crippen molar-refractivity contribution in [2.24, 2.45) is 5.73 Å². The van der Waals surface area contributed by atoms with Crippen molar-refractivity contribution in [2.45, 2.75) is 12.0 Å². The van der Waals surface area contributed by atoms with Crippen molar-refractivity contribution < 1.29 is 19.1 Å². The molecule has 0 aliphatic carbocycles. The molecule has 0 spiro atoms. The van der Waals surface area contributed by atoms with Crippen molar-refractivity contribution >= 4 is 11.8 Å². The molecular formula is C13H16N2O4.